The molecular weight excluding hydrogens is 152 g/mol. The minimum absolute atomic E-state index is 0.206. The van der Waals surface area contributed by atoms with Gasteiger partial charge in [-0.25, -0.2) is 0 Å². The fourth-order valence-electron chi connectivity index (χ4n) is 1.56. The minimum atomic E-state index is 0.206. The fourth-order valence-corrected chi connectivity index (χ4v) is 1.56. The smallest absolute Gasteiger partial charge is 0.0957 e. The Labute approximate surface area is 75.0 Å². The van der Waals surface area contributed by atoms with Gasteiger partial charge < -0.3 is 5.11 Å². The second-order valence-electron chi connectivity index (χ2n) is 4.42. The van der Waals surface area contributed by atoms with Gasteiger partial charge in [0, 0.05) is 31.7 Å². The molecular formula is C9H20N2O. The van der Waals surface area contributed by atoms with Crippen LogP contribution in [0.5, 0.6) is 0 Å². The minimum Gasteiger partial charge on any atom is -0.381 e. The molecule has 3 heteroatoms. The van der Waals surface area contributed by atoms with Crippen LogP contribution in [0.15, 0.2) is 0 Å². The lowest BCUT2D eigenvalue weighted by Gasteiger charge is -2.41. The van der Waals surface area contributed by atoms with E-state index in [1.807, 2.05) is 0 Å². The Bertz CT molecular complexity index is 134. The summed E-state index contributed by atoms with van der Waals surface area (Å²) in [6.45, 7) is 11.1. The molecule has 1 aliphatic rings. The molecule has 0 aliphatic carbocycles. The predicted molar refractivity (Wildman–Crippen MR) is 50.0 cm³/mol. The van der Waals surface area contributed by atoms with Crippen LogP contribution in [0.1, 0.15) is 20.8 Å². The van der Waals surface area contributed by atoms with E-state index in [0.29, 0.717) is 0 Å². The molecule has 0 aromatic carbocycles. The zero-order chi connectivity index (χ0) is 9.19. The van der Waals surface area contributed by atoms with Gasteiger partial charge in [0.2, 0.25) is 0 Å². The van der Waals surface area contributed by atoms with Crippen LogP contribution in [0.4, 0.5) is 0 Å². The van der Waals surface area contributed by atoms with Crippen LogP contribution >= 0.6 is 0 Å². The van der Waals surface area contributed by atoms with Gasteiger partial charge in [-0.1, -0.05) is 0 Å². The van der Waals surface area contributed by atoms with Crippen LogP contribution in [0.25, 0.3) is 0 Å². The summed E-state index contributed by atoms with van der Waals surface area (Å²) in [4.78, 5) is 4.53. The van der Waals surface area contributed by atoms with E-state index in [1.54, 1.807) is 0 Å². The highest BCUT2D eigenvalue weighted by Gasteiger charge is 2.24. The molecule has 0 atom stereocenters. The molecule has 72 valence electrons. The molecule has 0 amide bonds. The van der Waals surface area contributed by atoms with Crippen LogP contribution in [-0.4, -0.2) is 53.4 Å². The Morgan fingerprint density at radius 1 is 1.08 bits per heavy atom. The van der Waals surface area contributed by atoms with Crippen LogP contribution < -0.4 is 0 Å². The van der Waals surface area contributed by atoms with E-state index in [9.17, 15) is 0 Å². The highest BCUT2D eigenvalue weighted by atomic mass is 16.3. The Morgan fingerprint density at radius 2 is 1.58 bits per heavy atom. The zero-order valence-corrected chi connectivity index (χ0v) is 8.38. The van der Waals surface area contributed by atoms with Crippen molar-refractivity contribution >= 4 is 0 Å². The summed E-state index contributed by atoms with van der Waals surface area (Å²) < 4.78 is 0. The van der Waals surface area contributed by atoms with E-state index in [4.69, 9.17) is 5.11 Å². The van der Waals surface area contributed by atoms with E-state index in [2.05, 4.69) is 30.6 Å². The van der Waals surface area contributed by atoms with Crippen LogP contribution in [0.3, 0.4) is 0 Å². The van der Waals surface area contributed by atoms with Gasteiger partial charge in [0.15, 0.2) is 0 Å². The van der Waals surface area contributed by atoms with Gasteiger partial charge in [-0.3, -0.25) is 9.80 Å². The van der Waals surface area contributed by atoms with Gasteiger partial charge in [-0.05, 0) is 20.8 Å². The number of aliphatic hydroxyl groups excluding tert-OH is 1. The lowest BCUT2D eigenvalue weighted by molar-refractivity contribution is 0.0197. The highest BCUT2D eigenvalue weighted by molar-refractivity contribution is 4.80. The third-order valence-electron chi connectivity index (χ3n) is 2.52. The molecule has 12 heavy (non-hydrogen) atoms. The Morgan fingerprint density at radius 3 is 1.92 bits per heavy atom. The second kappa shape index (κ2) is 3.73. The molecule has 0 aromatic rings. The molecule has 1 saturated heterocycles. The van der Waals surface area contributed by atoms with Crippen molar-refractivity contribution in [3.8, 4) is 0 Å². The standard InChI is InChI=1S/C9H20N2O/c1-9(2,3)11-6-4-10(8-12)5-7-11/h12H,4-8H2,1-3H3. The first-order chi connectivity index (χ1) is 5.54. The Kier molecular flexibility index (Phi) is 3.09. The van der Waals surface area contributed by atoms with E-state index >= 15 is 0 Å². The van der Waals surface area contributed by atoms with Crippen molar-refractivity contribution in [2.75, 3.05) is 32.9 Å². The van der Waals surface area contributed by atoms with E-state index in [-0.39, 0.29) is 12.3 Å². The summed E-state index contributed by atoms with van der Waals surface area (Å²) in [6, 6.07) is 0. The van der Waals surface area contributed by atoms with Crippen LogP contribution in [0, 0.1) is 0 Å². The molecule has 0 radical (unpaired) electrons. The average Bonchev–Trinajstić information content (AvgIpc) is 2.03. The van der Waals surface area contributed by atoms with Gasteiger partial charge in [-0.15, -0.1) is 0 Å². The summed E-state index contributed by atoms with van der Waals surface area (Å²) in [7, 11) is 0. The maximum Gasteiger partial charge on any atom is 0.0957 e. The predicted octanol–water partition coefficient (Wildman–Crippen LogP) is 0.352. The summed E-state index contributed by atoms with van der Waals surface area (Å²) in [5.41, 5.74) is 0.279. The van der Waals surface area contributed by atoms with Crippen LogP contribution in [0.2, 0.25) is 0 Å². The number of rotatable bonds is 1. The van der Waals surface area contributed by atoms with Crippen molar-refractivity contribution in [2.45, 2.75) is 26.3 Å². The Hall–Kier alpha value is -0.120. The third-order valence-corrected chi connectivity index (χ3v) is 2.52. The molecule has 0 unspecified atom stereocenters. The third kappa shape index (κ3) is 2.44. The molecule has 1 heterocycles. The molecule has 0 spiro atoms. The van der Waals surface area contributed by atoms with E-state index in [1.165, 1.54) is 0 Å². The summed E-state index contributed by atoms with van der Waals surface area (Å²) in [5, 5.41) is 8.89. The number of nitrogens with zero attached hydrogens (tertiary/aromatic N) is 2. The zero-order valence-electron chi connectivity index (χ0n) is 8.38. The van der Waals surface area contributed by atoms with E-state index in [0.717, 1.165) is 26.2 Å². The van der Waals surface area contributed by atoms with Gasteiger partial charge in [0.1, 0.15) is 0 Å². The first kappa shape index (κ1) is 9.96. The molecule has 0 aromatic heterocycles. The maximum atomic E-state index is 8.89. The fraction of sp³-hybridized carbons (Fsp3) is 1.00. The van der Waals surface area contributed by atoms with Crippen molar-refractivity contribution in [3.63, 3.8) is 0 Å². The monoisotopic (exact) mass is 172 g/mol. The number of hydrogen-bond donors (Lipinski definition) is 1. The normalized spacial score (nSPS) is 23.0. The van der Waals surface area contributed by atoms with Crippen molar-refractivity contribution in [2.24, 2.45) is 0 Å². The van der Waals surface area contributed by atoms with E-state index < -0.39 is 0 Å². The maximum absolute atomic E-state index is 8.89. The van der Waals surface area contributed by atoms with Gasteiger partial charge in [0.05, 0.1) is 6.73 Å². The molecule has 1 rings (SSSR count). The van der Waals surface area contributed by atoms with Gasteiger partial charge in [-0.2, -0.15) is 0 Å². The molecule has 1 N–H and O–H groups in total. The first-order valence-corrected chi connectivity index (χ1v) is 4.62. The number of hydrogen-bond acceptors (Lipinski definition) is 3. The highest BCUT2D eigenvalue weighted by Crippen LogP contribution is 2.15. The largest absolute Gasteiger partial charge is 0.381 e. The number of piperazine rings is 1. The van der Waals surface area contributed by atoms with Gasteiger partial charge >= 0.3 is 0 Å². The molecule has 0 saturated carbocycles. The summed E-state index contributed by atoms with van der Waals surface area (Å²) in [5.74, 6) is 0. The number of aliphatic hydroxyl groups is 1. The lowest BCUT2D eigenvalue weighted by atomic mass is 10.1. The van der Waals surface area contributed by atoms with Crippen molar-refractivity contribution in [1.82, 2.24) is 9.80 Å². The molecule has 1 aliphatic heterocycles. The van der Waals surface area contributed by atoms with Crippen LogP contribution in [-0.2, 0) is 0 Å². The summed E-state index contributed by atoms with van der Waals surface area (Å²) in [6.07, 6.45) is 0. The average molecular weight is 172 g/mol. The molecule has 0 bridgehead atoms. The van der Waals surface area contributed by atoms with Crippen molar-refractivity contribution in [3.05, 3.63) is 0 Å². The van der Waals surface area contributed by atoms with Crippen molar-refractivity contribution < 1.29 is 5.11 Å². The molecule has 3 nitrogen and oxygen atoms in total. The molecule has 1 fully saturated rings. The SMILES string of the molecule is CC(C)(C)N1CCN(CO)CC1. The van der Waals surface area contributed by atoms with Gasteiger partial charge in [0.25, 0.3) is 0 Å². The summed E-state index contributed by atoms with van der Waals surface area (Å²) >= 11 is 0. The van der Waals surface area contributed by atoms with Crippen molar-refractivity contribution in [1.29, 1.82) is 0 Å². The quantitative estimate of drug-likeness (QED) is 0.618. The Balaban J connectivity index is 2.36. The second-order valence-corrected chi connectivity index (χ2v) is 4.42. The lowest BCUT2D eigenvalue weighted by Crippen LogP contribution is -2.53. The topological polar surface area (TPSA) is 26.7 Å². The first-order valence-electron chi connectivity index (χ1n) is 4.62.